The number of non-ortho nitro benzene ring substituents is 1. The molecule has 0 aliphatic carbocycles. The van der Waals surface area contributed by atoms with Gasteiger partial charge < -0.3 is 9.55 Å². The number of aromatic amines is 1. The van der Waals surface area contributed by atoms with E-state index in [4.69, 9.17) is 0 Å². The lowest BCUT2D eigenvalue weighted by Gasteiger charge is -1.96. The summed E-state index contributed by atoms with van der Waals surface area (Å²) in [6.07, 6.45) is 1.57. The molecule has 0 saturated heterocycles. The van der Waals surface area contributed by atoms with Crippen molar-refractivity contribution in [1.29, 1.82) is 0 Å². The van der Waals surface area contributed by atoms with Crippen LogP contribution < -0.4 is 5.56 Å². The molecule has 1 N–H and O–H groups in total. The summed E-state index contributed by atoms with van der Waals surface area (Å²) >= 11 is 0. The van der Waals surface area contributed by atoms with E-state index < -0.39 is 4.92 Å². The molecule has 0 spiro atoms. The molecular formula is C12H9N3O3. The van der Waals surface area contributed by atoms with Gasteiger partial charge in [0.05, 0.1) is 15.8 Å². The zero-order valence-corrected chi connectivity index (χ0v) is 9.51. The smallest absolute Gasteiger partial charge is 0.270 e. The first-order valence-corrected chi connectivity index (χ1v) is 5.34. The fourth-order valence-corrected chi connectivity index (χ4v) is 2.27. The number of nitrogens with one attached hydrogen (secondary N) is 1. The maximum Gasteiger partial charge on any atom is 0.270 e. The number of H-pyrrole nitrogens is 1. The van der Waals surface area contributed by atoms with Crippen LogP contribution in [0.3, 0.4) is 0 Å². The van der Waals surface area contributed by atoms with E-state index in [0.29, 0.717) is 10.8 Å². The number of aromatic nitrogens is 2. The van der Waals surface area contributed by atoms with Gasteiger partial charge in [-0.15, -0.1) is 0 Å². The second-order valence-corrected chi connectivity index (χ2v) is 4.08. The van der Waals surface area contributed by atoms with Gasteiger partial charge in [-0.05, 0) is 12.1 Å². The molecule has 0 aliphatic heterocycles. The third-order valence-corrected chi connectivity index (χ3v) is 3.12. The SMILES string of the molecule is Cn1c2ccc([N+](=O)[O-])cc2c2c(=O)[nH]ccc21. The Morgan fingerprint density at radius 1 is 1.28 bits per heavy atom. The number of nitro groups is 1. The van der Waals surface area contributed by atoms with Gasteiger partial charge in [-0.1, -0.05) is 0 Å². The van der Waals surface area contributed by atoms with Crippen LogP contribution in [-0.4, -0.2) is 14.5 Å². The molecule has 0 unspecified atom stereocenters. The van der Waals surface area contributed by atoms with Crippen LogP contribution in [0.5, 0.6) is 0 Å². The average Bonchev–Trinajstić information content (AvgIpc) is 2.64. The summed E-state index contributed by atoms with van der Waals surface area (Å²) in [4.78, 5) is 24.8. The standard InChI is InChI=1S/C12H9N3O3/c1-14-9-3-2-7(15(17)18)6-8(9)11-10(14)4-5-13-12(11)16/h2-6H,1H3,(H,13,16). The predicted molar refractivity (Wildman–Crippen MR) is 67.7 cm³/mol. The van der Waals surface area contributed by atoms with E-state index in [2.05, 4.69) is 4.98 Å². The Balaban J connectivity index is 2.59. The summed E-state index contributed by atoms with van der Waals surface area (Å²) in [6.45, 7) is 0. The molecule has 2 heterocycles. The van der Waals surface area contributed by atoms with Gasteiger partial charge in [0.1, 0.15) is 0 Å². The van der Waals surface area contributed by atoms with Crippen molar-refractivity contribution in [3.05, 3.63) is 50.9 Å². The van der Waals surface area contributed by atoms with Crippen LogP contribution >= 0.6 is 0 Å². The van der Waals surface area contributed by atoms with Crippen LogP contribution in [-0.2, 0) is 7.05 Å². The van der Waals surface area contributed by atoms with E-state index in [1.54, 1.807) is 18.3 Å². The molecule has 18 heavy (non-hydrogen) atoms. The number of nitrogens with zero attached hydrogens (tertiary/aromatic N) is 2. The summed E-state index contributed by atoms with van der Waals surface area (Å²) < 4.78 is 1.85. The average molecular weight is 243 g/mol. The molecule has 6 nitrogen and oxygen atoms in total. The highest BCUT2D eigenvalue weighted by Gasteiger charge is 2.14. The Morgan fingerprint density at radius 3 is 2.78 bits per heavy atom. The number of hydrogen-bond acceptors (Lipinski definition) is 3. The highest BCUT2D eigenvalue weighted by atomic mass is 16.6. The number of benzene rings is 1. The first-order chi connectivity index (χ1) is 8.59. The van der Waals surface area contributed by atoms with E-state index in [-0.39, 0.29) is 11.2 Å². The van der Waals surface area contributed by atoms with E-state index in [1.165, 1.54) is 12.1 Å². The number of hydrogen-bond donors (Lipinski definition) is 1. The van der Waals surface area contributed by atoms with Crippen LogP contribution in [0.2, 0.25) is 0 Å². The quantitative estimate of drug-likeness (QED) is 0.523. The maximum atomic E-state index is 11.8. The second-order valence-electron chi connectivity index (χ2n) is 4.08. The third-order valence-electron chi connectivity index (χ3n) is 3.12. The maximum absolute atomic E-state index is 11.8. The van der Waals surface area contributed by atoms with Gasteiger partial charge in [0, 0.05) is 36.3 Å². The van der Waals surface area contributed by atoms with Crippen LogP contribution in [0.4, 0.5) is 5.69 Å². The van der Waals surface area contributed by atoms with Crippen molar-refractivity contribution < 1.29 is 4.92 Å². The highest BCUT2D eigenvalue weighted by Crippen LogP contribution is 2.28. The molecule has 0 fully saturated rings. The summed E-state index contributed by atoms with van der Waals surface area (Å²) in [5, 5.41) is 11.9. The molecule has 0 radical (unpaired) electrons. The molecule has 2 aromatic heterocycles. The Kier molecular flexibility index (Phi) is 2.00. The van der Waals surface area contributed by atoms with Gasteiger partial charge in [0.2, 0.25) is 0 Å². The van der Waals surface area contributed by atoms with Crippen molar-refractivity contribution in [2.75, 3.05) is 0 Å². The zero-order chi connectivity index (χ0) is 12.9. The lowest BCUT2D eigenvalue weighted by Crippen LogP contribution is -2.03. The Hall–Kier alpha value is -2.63. The second kappa shape index (κ2) is 3.43. The Morgan fingerprint density at radius 2 is 2.06 bits per heavy atom. The number of rotatable bonds is 1. The van der Waals surface area contributed by atoms with Crippen LogP contribution in [0.15, 0.2) is 35.3 Å². The summed E-state index contributed by atoms with van der Waals surface area (Å²) in [5.41, 5.74) is 1.30. The minimum Gasteiger partial charge on any atom is -0.343 e. The fraction of sp³-hybridized carbons (Fsp3) is 0.0833. The van der Waals surface area contributed by atoms with Crippen molar-refractivity contribution in [3.8, 4) is 0 Å². The third kappa shape index (κ3) is 1.26. The van der Waals surface area contributed by atoms with E-state index in [9.17, 15) is 14.9 Å². The lowest BCUT2D eigenvalue weighted by molar-refractivity contribution is -0.384. The molecule has 90 valence electrons. The van der Waals surface area contributed by atoms with Crippen molar-refractivity contribution in [3.63, 3.8) is 0 Å². The molecule has 6 heteroatoms. The van der Waals surface area contributed by atoms with Gasteiger partial charge >= 0.3 is 0 Å². The minimum absolute atomic E-state index is 0.0155. The highest BCUT2D eigenvalue weighted by molar-refractivity contribution is 6.08. The van der Waals surface area contributed by atoms with Gasteiger partial charge in [-0.2, -0.15) is 0 Å². The van der Waals surface area contributed by atoms with Crippen LogP contribution in [0.25, 0.3) is 21.8 Å². The summed E-state index contributed by atoms with van der Waals surface area (Å²) in [5.74, 6) is 0. The molecule has 0 aliphatic rings. The molecule has 0 saturated carbocycles. The van der Waals surface area contributed by atoms with Crippen molar-refractivity contribution in [2.24, 2.45) is 7.05 Å². The van der Waals surface area contributed by atoms with Crippen molar-refractivity contribution >= 4 is 27.5 Å². The molecule has 0 atom stereocenters. The summed E-state index contributed by atoms with van der Waals surface area (Å²) in [7, 11) is 1.83. The fourth-order valence-electron chi connectivity index (χ4n) is 2.27. The number of nitro benzene ring substituents is 1. The van der Waals surface area contributed by atoms with Crippen molar-refractivity contribution in [2.45, 2.75) is 0 Å². The lowest BCUT2D eigenvalue weighted by atomic mass is 10.2. The molecule has 0 bridgehead atoms. The largest absolute Gasteiger partial charge is 0.343 e. The molecule has 3 rings (SSSR count). The van der Waals surface area contributed by atoms with E-state index in [0.717, 1.165) is 11.0 Å². The van der Waals surface area contributed by atoms with Gasteiger partial charge in [-0.3, -0.25) is 14.9 Å². The van der Waals surface area contributed by atoms with Gasteiger partial charge in [0.15, 0.2) is 0 Å². The van der Waals surface area contributed by atoms with Crippen LogP contribution in [0.1, 0.15) is 0 Å². The number of pyridine rings is 1. The number of aryl methyl sites for hydroxylation is 1. The zero-order valence-electron chi connectivity index (χ0n) is 9.51. The summed E-state index contributed by atoms with van der Waals surface area (Å²) in [6, 6.07) is 6.32. The minimum atomic E-state index is -0.463. The van der Waals surface area contributed by atoms with Crippen molar-refractivity contribution in [1.82, 2.24) is 9.55 Å². The van der Waals surface area contributed by atoms with Gasteiger partial charge in [0.25, 0.3) is 11.2 Å². The van der Waals surface area contributed by atoms with E-state index in [1.807, 2.05) is 11.6 Å². The van der Waals surface area contributed by atoms with Crippen LogP contribution in [0, 0.1) is 10.1 Å². The van der Waals surface area contributed by atoms with Gasteiger partial charge in [-0.25, -0.2) is 0 Å². The number of fused-ring (bicyclic) bond motifs is 3. The topological polar surface area (TPSA) is 80.9 Å². The molecule has 1 aromatic carbocycles. The normalized spacial score (nSPS) is 11.2. The Bertz CT molecular complexity index is 845. The molecule has 0 amide bonds. The molecular weight excluding hydrogens is 234 g/mol. The molecule has 3 aromatic rings. The Labute approximate surface area is 101 Å². The first kappa shape index (κ1) is 10.5. The first-order valence-electron chi connectivity index (χ1n) is 5.34. The van der Waals surface area contributed by atoms with E-state index >= 15 is 0 Å². The predicted octanol–water partition coefficient (Wildman–Crippen LogP) is 1.93. The monoisotopic (exact) mass is 243 g/mol.